The Hall–Kier alpha value is -1.80. The first-order valence-electron chi connectivity index (χ1n) is 5.84. The lowest BCUT2D eigenvalue weighted by Crippen LogP contribution is -1.92. The summed E-state index contributed by atoms with van der Waals surface area (Å²) >= 11 is 6.03. The first-order valence-corrected chi connectivity index (χ1v) is 6.22. The standard InChI is InChI=1S/C15H13ClN2/c1-10-3-5-11(6-4-10)15-17-13-8-7-12(16)9-14(13)18(15)2/h3-9H,1-2H3. The van der Waals surface area contributed by atoms with Crippen LogP contribution >= 0.6 is 11.6 Å². The van der Waals surface area contributed by atoms with E-state index in [1.807, 2.05) is 25.2 Å². The Kier molecular flexibility index (Phi) is 2.60. The summed E-state index contributed by atoms with van der Waals surface area (Å²) < 4.78 is 2.08. The first-order chi connectivity index (χ1) is 8.65. The van der Waals surface area contributed by atoms with E-state index in [1.54, 1.807) is 0 Å². The summed E-state index contributed by atoms with van der Waals surface area (Å²) in [5, 5.41) is 0.737. The molecule has 0 aliphatic heterocycles. The van der Waals surface area contributed by atoms with Crippen molar-refractivity contribution >= 4 is 22.6 Å². The number of imidazole rings is 1. The van der Waals surface area contributed by atoms with Gasteiger partial charge in [-0.25, -0.2) is 4.98 Å². The fraction of sp³-hybridized carbons (Fsp3) is 0.133. The van der Waals surface area contributed by atoms with Crippen molar-refractivity contribution in [2.24, 2.45) is 7.05 Å². The summed E-state index contributed by atoms with van der Waals surface area (Å²) in [7, 11) is 2.01. The molecule has 90 valence electrons. The van der Waals surface area contributed by atoms with Gasteiger partial charge in [-0.05, 0) is 25.1 Å². The van der Waals surface area contributed by atoms with Crippen LogP contribution < -0.4 is 0 Å². The smallest absolute Gasteiger partial charge is 0.140 e. The molecule has 0 atom stereocenters. The van der Waals surface area contributed by atoms with Crippen LogP contribution in [-0.2, 0) is 7.05 Å². The Labute approximate surface area is 111 Å². The lowest BCUT2D eigenvalue weighted by molar-refractivity contribution is 0.959. The molecule has 0 saturated carbocycles. The maximum atomic E-state index is 6.03. The maximum Gasteiger partial charge on any atom is 0.140 e. The lowest BCUT2D eigenvalue weighted by Gasteiger charge is -2.02. The molecule has 0 bridgehead atoms. The highest BCUT2D eigenvalue weighted by Crippen LogP contribution is 2.25. The summed E-state index contributed by atoms with van der Waals surface area (Å²) in [5.41, 5.74) is 4.39. The largest absolute Gasteiger partial charge is 0.327 e. The third kappa shape index (κ3) is 1.79. The number of halogens is 1. The van der Waals surface area contributed by atoms with Crippen LogP contribution in [0, 0.1) is 6.92 Å². The van der Waals surface area contributed by atoms with Gasteiger partial charge in [-0.3, -0.25) is 0 Å². The number of aryl methyl sites for hydroxylation is 2. The lowest BCUT2D eigenvalue weighted by atomic mass is 10.1. The van der Waals surface area contributed by atoms with Crippen molar-refractivity contribution in [1.82, 2.24) is 9.55 Å². The Bertz CT molecular complexity index is 711. The molecule has 3 rings (SSSR count). The van der Waals surface area contributed by atoms with E-state index in [4.69, 9.17) is 11.6 Å². The minimum absolute atomic E-state index is 0.737. The Morgan fingerprint density at radius 2 is 1.78 bits per heavy atom. The summed E-state index contributed by atoms with van der Waals surface area (Å²) in [6.07, 6.45) is 0. The van der Waals surface area contributed by atoms with Crippen molar-refractivity contribution in [2.45, 2.75) is 6.92 Å². The van der Waals surface area contributed by atoms with Gasteiger partial charge in [0.05, 0.1) is 11.0 Å². The molecule has 3 heteroatoms. The van der Waals surface area contributed by atoms with Crippen molar-refractivity contribution < 1.29 is 0 Å². The van der Waals surface area contributed by atoms with Crippen LogP contribution in [-0.4, -0.2) is 9.55 Å². The summed E-state index contributed by atoms with van der Waals surface area (Å²) in [5.74, 6) is 0.965. The minimum atomic E-state index is 0.737. The van der Waals surface area contributed by atoms with Gasteiger partial charge in [-0.1, -0.05) is 41.4 Å². The van der Waals surface area contributed by atoms with E-state index in [-0.39, 0.29) is 0 Å². The van der Waals surface area contributed by atoms with E-state index < -0.39 is 0 Å². The number of hydrogen-bond acceptors (Lipinski definition) is 1. The molecule has 18 heavy (non-hydrogen) atoms. The van der Waals surface area contributed by atoms with Crippen LogP contribution in [0.2, 0.25) is 5.02 Å². The average Bonchev–Trinajstić information content (AvgIpc) is 2.68. The zero-order chi connectivity index (χ0) is 12.7. The third-order valence-electron chi connectivity index (χ3n) is 3.15. The second-order valence-electron chi connectivity index (χ2n) is 4.49. The molecule has 3 aromatic rings. The number of aromatic nitrogens is 2. The van der Waals surface area contributed by atoms with E-state index in [0.29, 0.717) is 0 Å². The van der Waals surface area contributed by atoms with E-state index in [9.17, 15) is 0 Å². The quantitative estimate of drug-likeness (QED) is 0.638. The summed E-state index contributed by atoms with van der Waals surface area (Å²) in [6.45, 7) is 2.08. The molecule has 0 unspecified atom stereocenters. The zero-order valence-corrected chi connectivity index (χ0v) is 11.1. The summed E-state index contributed by atoms with van der Waals surface area (Å²) in [4.78, 5) is 4.66. The van der Waals surface area contributed by atoms with Gasteiger partial charge in [-0.15, -0.1) is 0 Å². The van der Waals surface area contributed by atoms with Crippen molar-refractivity contribution in [3.63, 3.8) is 0 Å². The van der Waals surface area contributed by atoms with Crippen molar-refractivity contribution in [2.75, 3.05) is 0 Å². The van der Waals surface area contributed by atoms with Crippen LogP contribution in [0.5, 0.6) is 0 Å². The van der Waals surface area contributed by atoms with Gasteiger partial charge in [0.15, 0.2) is 0 Å². The number of hydrogen-bond donors (Lipinski definition) is 0. The van der Waals surface area contributed by atoms with Gasteiger partial charge < -0.3 is 4.57 Å². The Morgan fingerprint density at radius 3 is 2.50 bits per heavy atom. The highest BCUT2D eigenvalue weighted by molar-refractivity contribution is 6.31. The topological polar surface area (TPSA) is 17.8 Å². The fourth-order valence-corrected chi connectivity index (χ4v) is 2.29. The van der Waals surface area contributed by atoms with Gasteiger partial charge in [0, 0.05) is 17.6 Å². The maximum absolute atomic E-state index is 6.03. The predicted octanol–water partition coefficient (Wildman–Crippen LogP) is 4.20. The molecule has 1 heterocycles. The van der Waals surface area contributed by atoms with Gasteiger partial charge in [-0.2, -0.15) is 0 Å². The van der Waals surface area contributed by atoms with Crippen molar-refractivity contribution in [3.05, 3.63) is 53.1 Å². The van der Waals surface area contributed by atoms with Gasteiger partial charge in [0.1, 0.15) is 5.82 Å². The number of fused-ring (bicyclic) bond motifs is 1. The van der Waals surface area contributed by atoms with Crippen LogP contribution in [0.4, 0.5) is 0 Å². The van der Waals surface area contributed by atoms with E-state index in [0.717, 1.165) is 27.4 Å². The molecule has 0 spiro atoms. The number of nitrogens with zero attached hydrogens (tertiary/aromatic N) is 2. The highest BCUT2D eigenvalue weighted by atomic mass is 35.5. The molecular weight excluding hydrogens is 244 g/mol. The van der Waals surface area contributed by atoms with Crippen LogP contribution in [0.1, 0.15) is 5.56 Å². The zero-order valence-electron chi connectivity index (χ0n) is 10.3. The molecule has 0 N–H and O–H groups in total. The molecular formula is C15H13ClN2. The van der Waals surface area contributed by atoms with Crippen molar-refractivity contribution in [1.29, 1.82) is 0 Å². The molecule has 0 saturated heterocycles. The van der Waals surface area contributed by atoms with E-state index >= 15 is 0 Å². The molecule has 0 aliphatic carbocycles. The number of benzene rings is 2. The molecule has 1 aromatic heterocycles. The number of rotatable bonds is 1. The van der Waals surface area contributed by atoms with E-state index in [1.165, 1.54) is 5.56 Å². The summed E-state index contributed by atoms with van der Waals surface area (Å²) in [6, 6.07) is 14.2. The van der Waals surface area contributed by atoms with Crippen LogP contribution in [0.15, 0.2) is 42.5 Å². The fourth-order valence-electron chi connectivity index (χ4n) is 2.12. The molecule has 0 amide bonds. The predicted molar refractivity (Wildman–Crippen MR) is 75.9 cm³/mol. The van der Waals surface area contributed by atoms with E-state index in [2.05, 4.69) is 40.7 Å². The Morgan fingerprint density at radius 1 is 1.06 bits per heavy atom. The third-order valence-corrected chi connectivity index (χ3v) is 3.39. The molecule has 2 aromatic carbocycles. The van der Waals surface area contributed by atoms with Crippen LogP contribution in [0.3, 0.4) is 0 Å². The second kappa shape index (κ2) is 4.14. The monoisotopic (exact) mass is 256 g/mol. The first kappa shape index (κ1) is 11.3. The van der Waals surface area contributed by atoms with Gasteiger partial charge in [0.25, 0.3) is 0 Å². The highest BCUT2D eigenvalue weighted by Gasteiger charge is 2.09. The normalized spacial score (nSPS) is 11.1. The minimum Gasteiger partial charge on any atom is -0.327 e. The van der Waals surface area contributed by atoms with Crippen LogP contribution in [0.25, 0.3) is 22.4 Å². The molecule has 0 radical (unpaired) electrons. The van der Waals surface area contributed by atoms with Crippen molar-refractivity contribution in [3.8, 4) is 11.4 Å². The SMILES string of the molecule is Cc1ccc(-c2nc3ccc(Cl)cc3n2C)cc1. The van der Waals surface area contributed by atoms with Gasteiger partial charge in [0.2, 0.25) is 0 Å². The second-order valence-corrected chi connectivity index (χ2v) is 4.93. The Balaban J connectivity index is 2.23. The molecule has 0 aliphatic rings. The average molecular weight is 257 g/mol. The molecule has 2 nitrogen and oxygen atoms in total. The van der Waals surface area contributed by atoms with Gasteiger partial charge >= 0.3 is 0 Å². The molecule has 0 fully saturated rings.